The van der Waals surface area contributed by atoms with Gasteiger partial charge in [0, 0.05) is 11.3 Å². The number of Topliss-reactive ketones (excluding diaryl/α,β-unsaturated/α-hetero) is 1. The third kappa shape index (κ3) is 4.68. The SMILES string of the molecule is CCC(Oc1ccc(C)cc1)C(=O)Nc1ccc(C(C)=O)cc1. The first kappa shape index (κ1) is 16.7. The lowest BCUT2D eigenvalue weighted by Gasteiger charge is -2.17. The van der Waals surface area contributed by atoms with Crippen LogP contribution in [0.2, 0.25) is 0 Å². The zero-order chi connectivity index (χ0) is 16.8. The zero-order valence-electron chi connectivity index (χ0n) is 13.6. The minimum absolute atomic E-state index is 0.00276. The maximum absolute atomic E-state index is 12.3. The molecule has 1 unspecified atom stereocenters. The van der Waals surface area contributed by atoms with Crippen LogP contribution in [0.3, 0.4) is 0 Å². The van der Waals surface area contributed by atoms with E-state index in [2.05, 4.69) is 5.32 Å². The van der Waals surface area contributed by atoms with E-state index in [9.17, 15) is 9.59 Å². The normalized spacial score (nSPS) is 11.6. The van der Waals surface area contributed by atoms with Crippen LogP contribution < -0.4 is 10.1 Å². The van der Waals surface area contributed by atoms with E-state index in [-0.39, 0.29) is 11.7 Å². The maximum Gasteiger partial charge on any atom is 0.265 e. The molecule has 0 aliphatic carbocycles. The summed E-state index contributed by atoms with van der Waals surface area (Å²) in [6.07, 6.45) is -0.00389. The van der Waals surface area contributed by atoms with Crippen LogP contribution >= 0.6 is 0 Å². The fourth-order valence-electron chi connectivity index (χ4n) is 2.11. The minimum atomic E-state index is -0.565. The van der Waals surface area contributed by atoms with Crippen LogP contribution in [0.5, 0.6) is 5.75 Å². The lowest BCUT2D eigenvalue weighted by atomic mass is 10.1. The molecule has 0 bridgehead atoms. The molecule has 0 aromatic heterocycles. The number of hydrogen-bond acceptors (Lipinski definition) is 3. The van der Waals surface area contributed by atoms with Crippen molar-refractivity contribution in [3.63, 3.8) is 0 Å². The van der Waals surface area contributed by atoms with Crippen molar-refractivity contribution in [1.82, 2.24) is 0 Å². The second-order valence-corrected chi connectivity index (χ2v) is 5.45. The van der Waals surface area contributed by atoms with E-state index < -0.39 is 6.10 Å². The largest absolute Gasteiger partial charge is 0.481 e. The topological polar surface area (TPSA) is 55.4 Å². The van der Waals surface area contributed by atoms with Crippen LogP contribution in [0.15, 0.2) is 48.5 Å². The van der Waals surface area contributed by atoms with Gasteiger partial charge in [-0.05, 0) is 56.7 Å². The summed E-state index contributed by atoms with van der Waals surface area (Å²) in [5, 5.41) is 2.82. The van der Waals surface area contributed by atoms with Crippen molar-refractivity contribution < 1.29 is 14.3 Å². The van der Waals surface area contributed by atoms with Gasteiger partial charge in [0.05, 0.1) is 0 Å². The summed E-state index contributed by atoms with van der Waals surface area (Å²) >= 11 is 0. The number of rotatable bonds is 6. The predicted molar refractivity (Wildman–Crippen MR) is 91.0 cm³/mol. The lowest BCUT2D eigenvalue weighted by Crippen LogP contribution is -2.32. The molecule has 0 heterocycles. The fraction of sp³-hybridized carbons (Fsp3) is 0.263. The fourth-order valence-corrected chi connectivity index (χ4v) is 2.11. The van der Waals surface area contributed by atoms with Crippen LogP contribution in [-0.4, -0.2) is 17.8 Å². The summed E-state index contributed by atoms with van der Waals surface area (Å²) < 4.78 is 5.75. The van der Waals surface area contributed by atoms with Gasteiger partial charge in [-0.2, -0.15) is 0 Å². The summed E-state index contributed by atoms with van der Waals surface area (Å²) in [4.78, 5) is 23.6. The molecule has 0 radical (unpaired) electrons. The Morgan fingerprint density at radius 2 is 1.65 bits per heavy atom. The number of anilines is 1. The second-order valence-electron chi connectivity index (χ2n) is 5.45. The van der Waals surface area contributed by atoms with Gasteiger partial charge in [0.25, 0.3) is 5.91 Å². The molecule has 4 heteroatoms. The van der Waals surface area contributed by atoms with Gasteiger partial charge in [0.1, 0.15) is 5.75 Å². The lowest BCUT2D eigenvalue weighted by molar-refractivity contribution is -0.122. The number of ketones is 1. The molecule has 120 valence electrons. The van der Waals surface area contributed by atoms with Gasteiger partial charge >= 0.3 is 0 Å². The van der Waals surface area contributed by atoms with Crippen LogP contribution in [0.25, 0.3) is 0 Å². The average Bonchev–Trinajstić information content (AvgIpc) is 2.54. The number of benzene rings is 2. The van der Waals surface area contributed by atoms with Gasteiger partial charge < -0.3 is 10.1 Å². The molecule has 0 saturated carbocycles. The zero-order valence-corrected chi connectivity index (χ0v) is 13.6. The first-order chi connectivity index (χ1) is 11.0. The van der Waals surface area contributed by atoms with Gasteiger partial charge in [0.15, 0.2) is 11.9 Å². The molecule has 2 aromatic carbocycles. The molecule has 1 N–H and O–H groups in total. The van der Waals surface area contributed by atoms with Gasteiger partial charge in [0.2, 0.25) is 0 Å². The van der Waals surface area contributed by atoms with E-state index in [0.29, 0.717) is 23.4 Å². The van der Waals surface area contributed by atoms with Crippen LogP contribution in [0, 0.1) is 6.92 Å². The van der Waals surface area contributed by atoms with E-state index in [1.807, 2.05) is 38.1 Å². The Kier molecular flexibility index (Phi) is 5.52. The van der Waals surface area contributed by atoms with Crippen molar-refractivity contribution in [2.45, 2.75) is 33.3 Å². The van der Waals surface area contributed by atoms with E-state index >= 15 is 0 Å². The number of carbonyl (C=O) groups is 2. The van der Waals surface area contributed by atoms with Crippen molar-refractivity contribution in [1.29, 1.82) is 0 Å². The van der Waals surface area contributed by atoms with Gasteiger partial charge in [-0.3, -0.25) is 9.59 Å². The highest BCUT2D eigenvalue weighted by atomic mass is 16.5. The number of hydrogen-bond donors (Lipinski definition) is 1. The summed E-state index contributed by atoms with van der Waals surface area (Å²) in [6.45, 7) is 5.41. The van der Waals surface area contributed by atoms with Crippen molar-refractivity contribution in [3.05, 3.63) is 59.7 Å². The first-order valence-electron chi connectivity index (χ1n) is 7.64. The second kappa shape index (κ2) is 7.58. The van der Waals surface area contributed by atoms with E-state index in [0.717, 1.165) is 5.56 Å². The third-order valence-electron chi connectivity index (χ3n) is 3.52. The molecule has 1 atom stereocenters. The number of amides is 1. The summed E-state index contributed by atoms with van der Waals surface area (Å²) in [6, 6.07) is 14.4. The summed E-state index contributed by atoms with van der Waals surface area (Å²) in [7, 11) is 0. The van der Waals surface area contributed by atoms with Crippen molar-refractivity contribution in [2.75, 3.05) is 5.32 Å². The molecule has 1 amide bonds. The average molecular weight is 311 g/mol. The molecule has 23 heavy (non-hydrogen) atoms. The molecule has 0 fully saturated rings. The van der Waals surface area contributed by atoms with Gasteiger partial charge in [-0.15, -0.1) is 0 Å². The Balaban J connectivity index is 2.01. The molecule has 0 aliphatic heterocycles. The Morgan fingerprint density at radius 3 is 2.17 bits per heavy atom. The number of nitrogens with one attached hydrogen (secondary N) is 1. The highest BCUT2D eigenvalue weighted by molar-refractivity contribution is 5.96. The van der Waals surface area contributed by atoms with Crippen molar-refractivity contribution in [3.8, 4) is 5.75 Å². The maximum atomic E-state index is 12.3. The third-order valence-corrected chi connectivity index (χ3v) is 3.52. The minimum Gasteiger partial charge on any atom is -0.481 e. The monoisotopic (exact) mass is 311 g/mol. The Morgan fingerprint density at radius 1 is 1.04 bits per heavy atom. The van der Waals surface area contributed by atoms with Crippen molar-refractivity contribution >= 4 is 17.4 Å². The Bertz CT molecular complexity index is 675. The first-order valence-corrected chi connectivity index (χ1v) is 7.64. The number of aryl methyl sites for hydroxylation is 1. The number of ether oxygens (including phenoxy) is 1. The van der Waals surface area contributed by atoms with Crippen LogP contribution in [0.4, 0.5) is 5.69 Å². The highest BCUT2D eigenvalue weighted by Crippen LogP contribution is 2.16. The van der Waals surface area contributed by atoms with Gasteiger partial charge in [-0.25, -0.2) is 0 Å². The quantitative estimate of drug-likeness (QED) is 0.821. The molecule has 4 nitrogen and oxygen atoms in total. The molecule has 2 aromatic rings. The summed E-state index contributed by atoms with van der Waals surface area (Å²) in [5.41, 5.74) is 2.40. The van der Waals surface area contributed by atoms with Crippen LogP contribution in [-0.2, 0) is 4.79 Å². The molecule has 0 saturated heterocycles. The Hall–Kier alpha value is -2.62. The molecular formula is C19H21NO3. The van der Waals surface area contributed by atoms with Crippen LogP contribution in [0.1, 0.15) is 36.2 Å². The van der Waals surface area contributed by atoms with Gasteiger partial charge in [-0.1, -0.05) is 24.6 Å². The number of carbonyl (C=O) groups excluding carboxylic acids is 2. The molecule has 0 spiro atoms. The smallest absolute Gasteiger partial charge is 0.265 e. The van der Waals surface area contributed by atoms with E-state index in [1.165, 1.54) is 6.92 Å². The summed E-state index contributed by atoms with van der Waals surface area (Å²) in [5.74, 6) is 0.463. The predicted octanol–water partition coefficient (Wildman–Crippen LogP) is 3.99. The molecule has 0 aliphatic rings. The standard InChI is InChI=1S/C19H21NO3/c1-4-18(23-17-11-5-13(2)6-12-17)19(22)20-16-9-7-15(8-10-16)14(3)21/h5-12,18H,4H2,1-3H3,(H,20,22). The highest BCUT2D eigenvalue weighted by Gasteiger charge is 2.18. The molecule has 2 rings (SSSR count). The molecular weight excluding hydrogens is 290 g/mol. The van der Waals surface area contributed by atoms with E-state index in [1.54, 1.807) is 24.3 Å². The van der Waals surface area contributed by atoms with E-state index in [4.69, 9.17) is 4.74 Å². The Labute approximate surface area is 136 Å². The van der Waals surface area contributed by atoms with Crippen molar-refractivity contribution in [2.24, 2.45) is 0 Å².